The first kappa shape index (κ1) is 24.1. The van der Waals surface area contributed by atoms with Gasteiger partial charge in [-0.3, -0.25) is 9.59 Å². The average Bonchev–Trinajstić information content (AvgIpc) is 3.25. The fraction of sp³-hybridized carbons (Fsp3) is 0.704. The van der Waals surface area contributed by atoms with Crippen LogP contribution in [0.3, 0.4) is 0 Å². The molecular formula is C27H41N3O3. The molecule has 3 heterocycles. The molecule has 0 spiro atoms. The maximum Gasteiger partial charge on any atom is 0.253 e. The Bertz CT molecular complexity index is 830. The number of carbonyl (C=O) groups is 2. The summed E-state index contributed by atoms with van der Waals surface area (Å²) in [5.74, 6) is 1.29. The highest BCUT2D eigenvalue weighted by Gasteiger charge is 2.34. The number of amides is 2. The van der Waals surface area contributed by atoms with Crippen molar-refractivity contribution in [2.24, 2.45) is 23.2 Å². The van der Waals surface area contributed by atoms with Gasteiger partial charge in [-0.05, 0) is 73.6 Å². The average molecular weight is 456 g/mol. The van der Waals surface area contributed by atoms with Crippen molar-refractivity contribution in [2.75, 3.05) is 50.8 Å². The molecular weight excluding hydrogens is 414 g/mol. The van der Waals surface area contributed by atoms with E-state index in [1.165, 1.54) is 0 Å². The monoisotopic (exact) mass is 455 g/mol. The zero-order chi connectivity index (χ0) is 23.6. The molecule has 2 unspecified atom stereocenters. The van der Waals surface area contributed by atoms with Crippen LogP contribution in [0.1, 0.15) is 63.2 Å². The van der Waals surface area contributed by atoms with E-state index in [9.17, 15) is 14.7 Å². The normalized spacial score (nSPS) is 26.4. The summed E-state index contributed by atoms with van der Waals surface area (Å²) in [4.78, 5) is 32.4. The number of benzene rings is 1. The van der Waals surface area contributed by atoms with Crippen LogP contribution in [0, 0.1) is 23.2 Å². The first-order valence-electron chi connectivity index (χ1n) is 12.8. The van der Waals surface area contributed by atoms with Gasteiger partial charge in [-0.15, -0.1) is 0 Å². The molecule has 0 bridgehead atoms. The van der Waals surface area contributed by atoms with E-state index in [1.807, 2.05) is 34.1 Å². The molecule has 2 amide bonds. The number of carbonyl (C=O) groups excluding carboxylic acids is 2. The highest BCUT2D eigenvalue weighted by Crippen LogP contribution is 2.33. The van der Waals surface area contributed by atoms with E-state index >= 15 is 0 Å². The fourth-order valence-electron chi connectivity index (χ4n) is 5.99. The topological polar surface area (TPSA) is 64.1 Å². The van der Waals surface area contributed by atoms with Crippen LogP contribution in [0.5, 0.6) is 0 Å². The second-order valence-corrected chi connectivity index (χ2v) is 11.4. The molecule has 2 atom stereocenters. The van der Waals surface area contributed by atoms with E-state index in [-0.39, 0.29) is 29.8 Å². The van der Waals surface area contributed by atoms with Crippen LogP contribution >= 0.6 is 0 Å². The molecule has 0 aliphatic carbocycles. The number of likely N-dealkylation sites (tertiary alicyclic amines) is 2. The minimum atomic E-state index is 0.0407. The lowest BCUT2D eigenvalue weighted by molar-refractivity contribution is -0.136. The highest BCUT2D eigenvalue weighted by molar-refractivity contribution is 5.94. The van der Waals surface area contributed by atoms with Gasteiger partial charge >= 0.3 is 0 Å². The van der Waals surface area contributed by atoms with Crippen molar-refractivity contribution >= 4 is 17.5 Å². The smallest absolute Gasteiger partial charge is 0.253 e. The van der Waals surface area contributed by atoms with E-state index in [2.05, 4.69) is 25.7 Å². The Labute approximate surface area is 198 Å². The second-order valence-electron chi connectivity index (χ2n) is 11.4. The molecule has 1 aromatic rings. The van der Waals surface area contributed by atoms with Gasteiger partial charge in [-0.25, -0.2) is 0 Å². The number of anilines is 1. The fourth-order valence-corrected chi connectivity index (χ4v) is 5.99. The van der Waals surface area contributed by atoms with Gasteiger partial charge < -0.3 is 19.8 Å². The third kappa shape index (κ3) is 5.71. The Hall–Kier alpha value is -2.08. The van der Waals surface area contributed by atoms with E-state index < -0.39 is 0 Å². The van der Waals surface area contributed by atoms with E-state index in [1.54, 1.807) is 0 Å². The van der Waals surface area contributed by atoms with E-state index in [4.69, 9.17) is 0 Å². The third-order valence-electron chi connectivity index (χ3n) is 7.98. The Kier molecular flexibility index (Phi) is 7.32. The maximum absolute atomic E-state index is 13.1. The van der Waals surface area contributed by atoms with Crippen LogP contribution in [0.2, 0.25) is 0 Å². The number of hydrogen-bond donors (Lipinski definition) is 1. The summed E-state index contributed by atoms with van der Waals surface area (Å²) in [6.07, 6.45) is 4.88. The Morgan fingerprint density at radius 2 is 1.67 bits per heavy atom. The lowest BCUT2D eigenvalue weighted by Crippen LogP contribution is -2.43. The van der Waals surface area contributed by atoms with Crippen LogP contribution in [0.25, 0.3) is 0 Å². The van der Waals surface area contributed by atoms with E-state index in [0.717, 1.165) is 82.6 Å². The summed E-state index contributed by atoms with van der Waals surface area (Å²) >= 11 is 0. The van der Waals surface area contributed by atoms with Gasteiger partial charge in [0.1, 0.15) is 0 Å². The molecule has 182 valence electrons. The summed E-state index contributed by atoms with van der Waals surface area (Å²) in [6.45, 7) is 11.9. The molecule has 4 rings (SSSR count). The molecule has 3 fully saturated rings. The molecule has 0 aromatic heterocycles. The lowest BCUT2D eigenvalue weighted by atomic mass is 9.82. The van der Waals surface area contributed by atoms with Gasteiger partial charge in [0.2, 0.25) is 5.91 Å². The zero-order valence-electron chi connectivity index (χ0n) is 20.6. The summed E-state index contributed by atoms with van der Waals surface area (Å²) in [5.41, 5.74) is 2.13. The quantitative estimate of drug-likeness (QED) is 0.753. The Morgan fingerprint density at radius 3 is 2.33 bits per heavy atom. The van der Waals surface area contributed by atoms with Crippen LogP contribution < -0.4 is 4.90 Å². The standard InChI is InChI=1S/C27H41N3O3/c1-20-16-27(2,3)11-15-30(17-20)25(32)22-4-6-24(7-5-22)29-14-10-23(18-29)26(33)28-12-8-21(19-31)9-13-28/h4-7,20-21,23,31H,8-19H2,1-3H3. The van der Waals surface area contributed by atoms with Gasteiger partial charge in [0, 0.05) is 57.1 Å². The molecule has 1 aromatic carbocycles. The van der Waals surface area contributed by atoms with Gasteiger partial charge in [0.15, 0.2) is 0 Å². The zero-order valence-corrected chi connectivity index (χ0v) is 20.6. The molecule has 3 aliphatic heterocycles. The van der Waals surface area contributed by atoms with Crippen molar-refractivity contribution in [1.82, 2.24) is 9.80 Å². The number of aliphatic hydroxyl groups excluding tert-OH is 1. The summed E-state index contributed by atoms with van der Waals surface area (Å²) < 4.78 is 0. The molecule has 6 nitrogen and oxygen atoms in total. The summed E-state index contributed by atoms with van der Waals surface area (Å²) in [7, 11) is 0. The van der Waals surface area contributed by atoms with Crippen molar-refractivity contribution < 1.29 is 14.7 Å². The van der Waals surface area contributed by atoms with Crippen molar-refractivity contribution in [3.05, 3.63) is 29.8 Å². The van der Waals surface area contributed by atoms with Crippen LogP contribution in [-0.4, -0.2) is 72.6 Å². The first-order chi connectivity index (χ1) is 15.8. The summed E-state index contributed by atoms with van der Waals surface area (Å²) in [6, 6.07) is 7.98. The van der Waals surface area contributed by atoms with E-state index in [0.29, 0.717) is 11.8 Å². The predicted octanol–water partition coefficient (Wildman–Crippen LogP) is 3.64. The number of aliphatic hydroxyl groups is 1. The van der Waals surface area contributed by atoms with Gasteiger partial charge in [-0.1, -0.05) is 20.8 Å². The minimum Gasteiger partial charge on any atom is -0.396 e. The summed E-state index contributed by atoms with van der Waals surface area (Å²) in [5, 5.41) is 9.33. The van der Waals surface area contributed by atoms with Crippen LogP contribution in [-0.2, 0) is 4.79 Å². The van der Waals surface area contributed by atoms with Crippen molar-refractivity contribution in [3.63, 3.8) is 0 Å². The van der Waals surface area contributed by atoms with Crippen LogP contribution in [0.15, 0.2) is 24.3 Å². The first-order valence-corrected chi connectivity index (χ1v) is 12.8. The molecule has 0 saturated carbocycles. The van der Waals surface area contributed by atoms with Gasteiger partial charge in [0.25, 0.3) is 5.91 Å². The number of hydrogen-bond acceptors (Lipinski definition) is 4. The maximum atomic E-state index is 13.1. The predicted molar refractivity (Wildman–Crippen MR) is 131 cm³/mol. The molecule has 0 radical (unpaired) electrons. The minimum absolute atomic E-state index is 0.0407. The number of nitrogens with zero attached hydrogens (tertiary/aromatic N) is 3. The SMILES string of the molecule is CC1CN(C(=O)c2ccc(N3CCC(C(=O)N4CCC(CO)CC4)C3)cc2)CCC(C)(C)C1. The van der Waals surface area contributed by atoms with Crippen molar-refractivity contribution in [3.8, 4) is 0 Å². The molecule has 3 aliphatic rings. The third-order valence-corrected chi connectivity index (χ3v) is 7.98. The van der Waals surface area contributed by atoms with Crippen molar-refractivity contribution in [1.29, 1.82) is 0 Å². The highest BCUT2D eigenvalue weighted by atomic mass is 16.3. The second kappa shape index (κ2) is 10.0. The van der Waals surface area contributed by atoms with Gasteiger partial charge in [0.05, 0.1) is 5.92 Å². The Morgan fingerprint density at radius 1 is 0.970 bits per heavy atom. The largest absolute Gasteiger partial charge is 0.396 e. The molecule has 33 heavy (non-hydrogen) atoms. The van der Waals surface area contributed by atoms with Gasteiger partial charge in [-0.2, -0.15) is 0 Å². The lowest BCUT2D eigenvalue weighted by Gasteiger charge is -2.33. The molecule has 6 heteroatoms. The van der Waals surface area contributed by atoms with Crippen LogP contribution in [0.4, 0.5) is 5.69 Å². The number of piperidine rings is 1. The molecule has 1 N–H and O–H groups in total. The number of rotatable bonds is 4. The Balaban J connectivity index is 1.33. The molecule has 3 saturated heterocycles. The van der Waals surface area contributed by atoms with Crippen molar-refractivity contribution in [2.45, 2.75) is 52.9 Å².